The maximum absolute atomic E-state index is 5.99. The van der Waals surface area contributed by atoms with Crippen molar-refractivity contribution < 1.29 is 9.31 Å². The first-order chi connectivity index (χ1) is 9.80. The topological polar surface area (TPSA) is 73.2 Å². The van der Waals surface area contributed by atoms with E-state index in [-0.39, 0.29) is 18.3 Å². The van der Waals surface area contributed by atoms with E-state index < -0.39 is 0 Å². The highest BCUT2D eigenvalue weighted by atomic mass is 16.7. The number of rotatable bonds is 2. The zero-order chi connectivity index (χ0) is 15.3. The third-order valence-electron chi connectivity index (χ3n) is 4.35. The summed E-state index contributed by atoms with van der Waals surface area (Å²) >= 11 is 0. The number of nitrogen functional groups attached to an aromatic ring is 1. The lowest BCUT2D eigenvalue weighted by molar-refractivity contribution is 0.00578. The number of pyridine rings is 1. The largest absolute Gasteiger partial charge is 0.487 e. The molecule has 0 radical (unpaired) electrons. The van der Waals surface area contributed by atoms with Gasteiger partial charge in [-0.25, -0.2) is 0 Å². The third kappa shape index (κ3) is 2.34. The van der Waals surface area contributed by atoms with Crippen molar-refractivity contribution in [1.29, 1.82) is 0 Å². The van der Waals surface area contributed by atoms with Gasteiger partial charge in [-0.15, -0.1) is 0 Å². The number of nitrogens with zero attached hydrogens (tertiary/aromatic N) is 1. The van der Waals surface area contributed by atoms with Crippen molar-refractivity contribution >= 4 is 29.8 Å². The maximum atomic E-state index is 5.99. The van der Waals surface area contributed by atoms with Gasteiger partial charge in [0.05, 0.1) is 28.6 Å². The molecule has 0 unspecified atom stereocenters. The van der Waals surface area contributed by atoms with E-state index in [1.165, 1.54) is 0 Å². The summed E-state index contributed by atoms with van der Waals surface area (Å²) in [6.07, 6.45) is 7.27. The highest BCUT2D eigenvalue weighted by Gasteiger charge is 2.49. The van der Waals surface area contributed by atoms with Gasteiger partial charge in [-0.3, -0.25) is 4.98 Å². The summed E-state index contributed by atoms with van der Waals surface area (Å²) in [5, 5.41) is 0.970. The SMILES string of the molecule is CC1(C)OB(/C=C/c2cncc3[nH]cc(N)c23)OC1(C)C. The van der Waals surface area contributed by atoms with E-state index in [4.69, 9.17) is 15.0 Å². The van der Waals surface area contributed by atoms with Gasteiger partial charge in [-0.05, 0) is 27.7 Å². The molecule has 0 saturated carbocycles. The molecule has 0 bridgehead atoms. The van der Waals surface area contributed by atoms with Gasteiger partial charge in [0.15, 0.2) is 0 Å². The number of hydrogen-bond donors (Lipinski definition) is 2. The van der Waals surface area contributed by atoms with Crippen LogP contribution in [-0.4, -0.2) is 28.3 Å². The van der Waals surface area contributed by atoms with Crippen LogP contribution in [0.3, 0.4) is 0 Å². The molecule has 3 heterocycles. The van der Waals surface area contributed by atoms with E-state index in [2.05, 4.69) is 9.97 Å². The van der Waals surface area contributed by atoms with Gasteiger partial charge in [0.1, 0.15) is 0 Å². The van der Waals surface area contributed by atoms with Crippen molar-refractivity contribution in [3.63, 3.8) is 0 Å². The first kappa shape index (κ1) is 14.2. The predicted octanol–water partition coefficient (Wildman–Crippen LogP) is 2.79. The van der Waals surface area contributed by atoms with Gasteiger partial charge in [0.25, 0.3) is 0 Å². The van der Waals surface area contributed by atoms with E-state index in [0.29, 0.717) is 5.69 Å². The van der Waals surface area contributed by atoms with E-state index in [1.807, 2.05) is 39.7 Å². The average molecular weight is 285 g/mol. The Hall–Kier alpha value is -1.79. The minimum Gasteiger partial charge on any atom is -0.400 e. The van der Waals surface area contributed by atoms with Crippen molar-refractivity contribution in [3.8, 4) is 0 Å². The molecule has 0 amide bonds. The van der Waals surface area contributed by atoms with Crippen LogP contribution in [0.2, 0.25) is 0 Å². The third-order valence-corrected chi connectivity index (χ3v) is 4.35. The Morgan fingerprint density at radius 3 is 2.52 bits per heavy atom. The molecule has 0 atom stereocenters. The number of nitrogens with one attached hydrogen (secondary N) is 1. The highest BCUT2D eigenvalue weighted by Crippen LogP contribution is 2.37. The molecular formula is C15H20BN3O2. The van der Waals surface area contributed by atoms with Gasteiger partial charge in [-0.2, -0.15) is 0 Å². The molecule has 3 rings (SSSR count). The minimum atomic E-state index is -0.370. The Labute approximate surface area is 124 Å². The number of aromatic nitrogens is 2. The number of anilines is 1. The van der Waals surface area contributed by atoms with E-state index in [0.717, 1.165) is 16.5 Å². The van der Waals surface area contributed by atoms with E-state index in [1.54, 1.807) is 18.6 Å². The molecule has 0 spiro atoms. The molecule has 6 heteroatoms. The Kier molecular flexibility index (Phi) is 3.11. The number of H-pyrrole nitrogens is 1. The smallest absolute Gasteiger partial charge is 0.400 e. The number of hydrogen-bond acceptors (Lipinski definition) is 4. The Morgan fingerprint density at radius 1 is 1.19 bits per heavy atom. The summed E-state index contributed by atoms with van der Waals surface area (Å²) in [4.78, 5) is 7.31. The molecule has 2 aromatic rings. The molecule has 0 aliphatic carbocycles. The number of nitrogens with two attached hydrogens (primary N) is 1. The summed E-state index contributed by atoms with van der Waals surface area (Å²) in [7, 11) is -0.370. The van der Waals surface area contributed by atoms with Crippen molar-refractivity contribution in [2.24, 2.45) is 0 Å². The molecule has 21 heavy (non-hydrogen) atoms. The van der Waals surface area contributed by atoms with Gasteiger partial charge in [0, 0.05) is 23.3 Å². The molecule has 1 aliphatic heterocycles. The monoisotopic (exact) mass is 285 g/mol. The lowest BCUT2D eigenvalue weighted by atomic mass is 9.89. The summed E-state index contributed by atoms with van der Waals surface area (Å²) in [5.74, 6) is 1.90. The van der Waals surface area contributed by atoms with E-state index >= 15 is 0 Å². The molecular weight excluding hydrogens is 265 g/mol. The standard InChI is InChI=1S/C15H20BN3O2/c1-14(2)15(3,4)21-16(20-14)6-5-10-7-18-9-12-13(10)11(17)8-19-12/h5-9,19H,17H2,1-4H3/b6-5+. The quantitative estimate of drug-likeness (QED) is 0.832. The lowest BCUT2D eigenvalue weighted by Gasteiger charge is -2.32. The van der Waals surface area contributed by atoms with Crippen LogP contribution in [0.25, 0.3) is 17.0 Å². The first-order valence-corrected chi connectivity index (χ1v) is 7.04. The second-order valence-corrected chi connectivity index (χ2v) is 6.38. The van der Waals surface area contributed by atoms with Crippen LogP contribution in [0, 0.1) is 0 Å². The molecule has 1 fully saturated rings. The zero-order valence-corrected chi connectivity index (χ0v) is 12.8. The molecule has 110 valence electrons. The van der Waals surface area contributed by atoms with Crippen molar-refractivity contribution in [2.75, 3.05) is 5.73 Å². The summed E-state index contributed by atoms with van der Waals surface area (Å²) in [6.45, 7) is 8.14. The molecule has 1 aliphatic rings. The summed E-state index contributed by atoms with van der Waals surface area (Å²) < 4.78 is 11.9. The van der Waals surface area contributed by atoms with Gasteiger partial charge in [-0.1, -0.05) is 12.1 Å². The van der Waals surface area contributed by atoms with Gasteiger partial charge in [0.2, 0.25) is 0 Å². The van der Waals surface area contributed by atoms with Crippen LogP contribution in [0.4, 0.5) is 5.69 Å². The van der Waals surface area contributed by atoms with Crippen LogP contribution in [0.15, 0.2) is 24.6 Å². The maximum Gasteiger partial charge on any atom is 0.487 e. The molecule has 2 aromatic heterocycles. The fraction of sp³-hybridized carbons (Fsp3) is 0.400. The first-order valence-electron chi connectivity index (χ1n) is 7.04. The highest BCUT2D eigenvalue weighted by molar-refractivity contribution is 6.52. The van der Waals surface area contributed by atoms with Gasteiger partial charge < -0.3 is 20.0 Å². The van der Waals surface area contributed by atoms with Crippen LogP contribution in [0.1, 0.15) is 33.3 Å². The second-order valence-electron chi connectivity index (χ2n) is 6.38. The Balaban J connectivity index is 1.88. The minimum absolute atomic E-state index is 0.334. The molecule has 1 saturated heterocycles. The van der Waals surface area contributed by atoms with Crippen molar-refractivity contribution in [1.82, 2.24) is 9.97 Å². The summed E-state index contributed by atoms with van der Waals surface area (Å²) in [5.41, 5.74) is 7.90. The van der Waals surface area contributed by atoms with Crippen molar-refractivity contribution in [3.05, 3.63) is 30.1 Å². The molecule has 0 aromatic carbocycles. The molecule has 3 N–H and O–H groups in total. The number of aromatic amines is 1. The Bertz CT molecular complexity index is 690. The number of fused-ring (bicyclic) bond motifs is 1. The second kappa shape index (κ2) is 4.61. The van der Waals surface area contributed by atoms with Crippen LogP contribution >= 0.6 is 0 Å². The van der Waals surface area contributed by atoms with Crippen molar-refractivity contribution in [2.45, 2.75) is 38.9 Å². The van der Waals surface area contributed by atoms with Crippen LogP contribution < -0.4 is 5.73 Å². The lowest BCUT2D eigenvalue weighted by Crippen LogP contribution is -2.41. The zero-order valence-electron chi connectivity index (χ0n) is 12.8. The fourth-order valence-corrected chi connectivity index (χ4v) is 2.41. The van der Waals surface area contributed by atoms with Crippen LogP contribution in [-0.2, 0) is 9.31 Å². The average Bonchev–Trinajstić information content (AvgIpc) is 2.86. The van der Waals surface area contributed by atoms with E-state index in [9.17, 15) is 0 Å². The van der Waals surface area contributed by atoms with Crippen LogP contribution in [0.5, 0.6) is 0 Å². The van der Waals surface area contributed by atoms with Gasteiger partial charge >= 0.3 is 7.12 Å². The predicted molar refractivity (Wildman–Crippen MR) is 85.6 cm³/mol. The normalized spacial score (nSPS) is 20.7. The summed E-state index contributed by atoms with van der Waals surface area (Å²) in [6, 6.07) is 0. The Morgan fingerprint density at radius 2 is 1.86 bits per heavy atom. The fourth-order valence-electron chi connectivity index (χ4n) is 2.41. The molecule has 5 nitrogen and oxygen atoms in total.